The summed E-state index contributed by atoms with van der Waals surface area (Å²) >= 11 is 0. The monoisotopic (exact) mass is 455 g/mol. The second-order valence-electron chi connectivity index (χ2n) is 7.30. The van der Waals surface area contributed by atoms with Crippen molar-refractivity contribution >= 4 is 30.1 Å². The zero-order valence-corrected chi connectivity index (χ0v) is 18.8. The van der Waals surface area contributed by atoms with E-state index in [9.17, 15) is 19.2 Å². The summed E-state index contributed by atoms with van der Waals surface area (Å²) in [6.07, 6.45) is 1.67. The highest BCUT2D eigenvalue weighted by molar-refractivity contribution is 5.97. The third kappa shape index (κ3) is 8.64. The maximum atomic E-state index is 12.5. The van der Waals surface area contributed by atoms with Gasteiger partial charge in [-0.3, -0.25) is 9.59 Å². The molecule has 0 saturated carbocycles. The molecule has 0 aliphatic rings. The third-order valence-electron chi connectivity index (χ3n) is 4.89. The number of rotatable bonds is 12. The van der Waals surface area contributed by atoms with E-state index in [-0.39, 0.29) is 6.61 Å². The summed E-state index contributed by atoms with van der Waals surface area (Å²) in [6, 6.07) is 15.0. The van der Waals surface area contributed by atoms with Gasteiger partial charge in [0.1, 0.15) is 12.6 Å². The normalized spacial score (nSPS) is 11.1. The van der Waals surface area contributed by atoms with Gasteiger partial charge in [-0.2, -0.15) is 0 Å². The van der Waals surface area contributed by atoms with Crippen molar-refractivity contribution in [1.82, 2.24) is 10.6 Å². The number of amides is 3. The number of nitrogens with one attached hydrogen (secondary N) is 2. The van der Waals surface area contributed by atoms with Crippen LogP contribution in [-0.2, 0) is 25.7 Å². The van der Waals surface area contributed by atoms with Crippen molar-refractivity contribution < 1.29 is 28.7 Å². The van der Waals surface area contributed by atoms with Crippen LogP contribution in [0.4, 0.5) is 10.5 Å². The first-order valence-corrected chi connectivity index (χ1v) is 10.6. The quantitative estimate of drug-likeness (QED) is 0.289. The van der Waals surface area contributed by atoms with E-state index in [2.05, 4.69) is 10.6 Å². The molecule has 0 saturated heterocycles. The van der Waals surface area contributed by atoms with Crippen LogP contribution in [0.25, 0.3) is 0 Å². The van der Waals surface area contributed by atoms with Gasteiger partial charge in [-0.15, -0.1) is 0 Å². The molecule has 0 bridgehead atoms. The summed E-state index contributed by atoms with van der Waals surface area (Å²) in [5, 5.41) is 5.34. The molecule has 0 fully saturated rings. The Bertz CT molecular complexity index is 918. The van der Waals surface area contributed by atoms with Crippen molar-refractivity contribution in [2.75, 3.05) is 25.6 Å². The van der Waals surface area contributed by atoms with Gasteiger partial charge in [0, 0.05) is 24.8 Å². The fourth-order valence-electron chi connectivity index (χ4n) is 2.98. The number of hydrogen-bond acceptors (Lipinski definition) is 6. The standard InChI is InChI=1S/C24H29N3O6/c1-27(17-28)20-13-11-19(12-14-20)22(29)26-21(23(30)32-2)10-6-7-15-25-24(31)33-16-18-8-4-3-5-9-18/h3-5,8-9,11-14,17,21H,6-7,10,15-16H2,1-2H3,(H,25,31)(H,26,29). The first kappa shape index (κ1) is 25.4. The molecule has 33 heavy (non-hydrogen) atoms. The molecule has 0 heterocycles. The summed E-state index contributed by atoms with van der Waals surface area (Å²) in [6.45, 7) is 0.566. The van der Waals surface area contributed by atoms with E-state index < -0.39 is 24.0 Å². The zero-order chi connectivity index (χ0) is 24.1. The molecule has 2 N–H and O–H groups in total. The van der Waals surface area contributed by atoms with Crippen LogP contribution in [0, 0.1) is 0 Å². The Morgan fingerprint density at radius 2 is 1.73 bits per heavy atom. The van der Waals surface area contributed by atoms with Gasteiger partial charge in [0.05, 0.1) is 7.11 Å². The van der Waals surface area contributed by atoms with Crippen molar-refractivity contribution in [3.63, 3.8) is 0 Å². The minimum Gasteiger partial charge on any atom is -0.467 e. The van der Waals surface area contributed by atoms with E-state index in [0.29, 0.717) is 43.5 Å². The Hall–Kier alpha value is -3.88. The fraction of sp³-hybridized carbons (Fsp3) is 0.333. The minimum absolute atomic E-state index is 0.190. The maximum absolute atomic E-state index is 12.5. The van der Waals surface area contributed by atoms with Gasteiger partial charge in [0.2, 0.25) is 6.41 Å². The van der Waals surface area contributed by atoms with Crippen LogP contribution in [0.1, 0.15) is 35.2 Å². The van der Waals surface area contributed by atoms with E-state index >= 15 is 0 Å². The highest BCUT2D eigenvalue weighted by atomic mass is 16.5. The van der Waals surface area contributed by atoms with Gasteiger partial charge >= 0.3 is 12.1 Å². The summed E-state index contributed by atoms with van der Waals surface area (Å²) < 4.78 is 9.93. The largest absolute Gasteiger partial charge is 0.467 e. The van der Waals surface area contributed by atoms with Gasteiger partial charge in [0.25, 0.3) is 5.91 Å². The topological polar surface area (TPSA) is 114 Å². The predicted octanol–water partition coefficient (Wildman–Crippen LogP) is 2.65. The summed E-state index contributed by atoms with van der Waals surface area (Å²) in [7, 11) is 2.86. The van der Waals surface area contributed by atoms with Crippen molar-refractivity contribution in [2.45, 2.75) is 31.9 Å². The second kappa shape index (κ2) is 13.5. The first-order chi connectivity index (χ1) is 15.9. The van der Waals surface area contributed by atoms with E-state index in [0.717, 1.165) is 5.56 Å². The lowest BCUT2D eigenvalue weighted by Gasteiger charge is -2.17. The van der Waals surface area contributed by atoms with Crippen LogP contribution < -0.4 is 15.5 Å². The Morgan fingerprint density at radius 3 is 2.36 bits per heavy atom. The number of ether oxygens (including phenoxy) is 2. The average Bonchev–Trinajstić information content (AvgIpc) is 2.86. The molecule has 0 aliphatic heterocycles. The molecule has 1 atom stereocenters. The lowest BCUT2D eigenvalue weighted by molar-refractivity contribution is -0.143. The number of nitrogens with zero attached hydrogens (tertiary/aromatic N) is 1. The number of esters is 1. The number of hydrogen-bond donors (Lipinski definition) is 2. The number of unbranched alkanes of at least 4 members (excludes halogenated alkanes) is 1. The number of benzene rings is 2. The third-order valence-corrected chi connectivity index (χ3v) is 4.89. The number of alkyl carbamates (subject to hydrolysis) is 1. The maximum Gasteiger partial charge on any atom is 0.407 e. The lowest BCUT2D eigenvalue weighted by atomic mass is 10.1. The van der Waals surface area contributed by atoms with Crippen molar-refractivity contribution in [1.29, 1.82) is 0 Å². The minimum atomic E-state index is -0.815. The Balaban J connectivity index is 1.75. The summed E-state index contributed by atoms with van der Waals surface area (Å²) in [5.41, 5.74) is 1.89. The van der Waals surface area contributed by atoms with Gasteiger partial charge in [-0.1, -0.05) is 30.3 Å². The molecular formula is C24H29N3O6. The van der Waals surface area contributed by atoms with Gasteiger partial charge in [0.15, 0.2) is 0 Å². The van der Waals surface area contributed by atoms with Crippen LogP contribution >= 0.6 is 0 Å². The lowest BCUT2D eigenvalue weighted by Crippen LogP contribution is -2.41. The predicted molar refractivity (Wildman–Crippen MR) is 123 cm³/mol. The summed E-state index contributed by atoms with van der Waals surface area (Å²) in [4.78, 5) is 48.6. The van der Waals surface area contributed by atoms with Crippen LogP contribution in [0.5, 0.6) is 0 Å². The molecule has 176 valence electrons. The molecule has 2 aromatic carbocycles. The van der Waals surface area contributed by atoms with Gasteiger partial charge < -0.3 is 25.0 Å². The van der Waals surface area contributed by atoms with E-state index in [1.54, 1.807) is 31.3 Å². The van der Waals surface area contributed by atoms with Crippen LogP contribution in [0.3, 0.4) is 0 Å². The van der Waals surface area contributed by atoms with Crippen molar-refractivity contribution in [3.05, 3.63) is 65.7 Å². The highest BCUT2D eigenvalue weighted by Gasteiger charge is 2.21. The molecule has 2 aromatic rings. The van der Waals surface area contributed by atoms with Crippen molar-refractivity contribution in [2.24, 2.45) is 0 Å². The Morgan fingerprint density at radius 1 is 1.03 bits per heavy atom. The fourth-order valence-corrected chi connectivity index (χ4v) is 2.98. The molecule has 0 aromatic heterocycles. The second-order valence-corrected chi connectivity index (χ2v) is 7.30. The zero-order valence-electron chi connectivity index (χ0n) is 18.8. The van der Waals surface area contributed by atoms with Crippen LogP contribution in [0.2, 0.25) is 0 Å². The number of methoxy groups -OCH3 is 1. The van der Waals surface area contributed by atoms with Crippen LogP contribution in [0.15, 0.2) is 54.6 Å². The van der Waals surface area contributed by atoms with Crippen molar-refractivity contribution in [3.8, 4) is 0 Å². The molecule has 0 spiro atoms. The molecule has 2 rings (SSSR count). The first-order valence-electron chi connectivity index (χ1n) is 10.6. The molecule has 3 amide bonds. The van der Waals surface area contributed by atoms with E-state index in [1.807, 2.05) is 30.3 Å². The molecular weight excluding hydrogens is 426 g/mol. The Labute approximate surface area is 193 Å². The molecule has 9 nitrogen and oxygen atoms in total. The molecule has 1 unspecified atom stereocenters. The van der Waals surface area contributed by atoms with E-state index in [4.69, 9.17) is 9.47 Å². The summed E-state index contributed by atoms with van der Waals surface area (Å²) in [5.74, 6) is -0.968. The molecule has 0 aliphatic carbocycles. The number of anilines is 1. The Kier molecular flexibility index (Phi) is 10.4. The smallest absolute Gasteiger partial charge is 0.407 e. The van der Waals surface area contributed by atoms with Crippen LogP contribution in [-0.4, -0.2) is 51.1 Å². The number of carbonyl (C=O) groups excluding carboxylic acids is 4. The molecule has 9 heteroatoms. The van der Waals surface area contributed by atoms with Gasteiger partial charge in [-0.05, 0) is 49.1 Å². The SMILES string of the molecule is COC(=O)C(CCCCNC(=O)OCc1ccccc1)NC(=O)c1ccc(N(C)C=O)cc1. The molecule has 0 radical (unpaired) electrons. The number of carbonyl (C=O) groups is 4. The van der Waals surface area contributed by atoms with E-state index in [1.165, 1.54) is 12.0 Å². The average molecular weight is 456 g/mol. The highest BCUT2D eigenvalue weighted by Crippen LogP contribution is 2.13. The van der Waals surface area contributed by atoms with Gasteiger partial charge in [-0.25, -0.2) is 9.59 Å².